The van der Waals surface area contributed by atoms with Crippen molar-refractivity contribution in [1.29, 1.82) is 0 Å². The third kappa shape index (κ3) is 5.75. The molecule has 0 aliphatic carbocycles. The Morgan fingerprint density at radius 2 is 2.05 bits per heavy atom. The Bertz CT molecular complexity index is 454. The van der Waals surface area contributed by atoms with Crippen molar-refractivity contribution in [3.63, 3.8) is 0 Å². The highest BCUT2D eigenvalue weighted by Crippen LogP contribution is 2.29. The zero-order chi connectivity index (χ0) is 14.8. The summed E-state index contributed by atoms with van der Waals surface area (Å²) in [5.41, 5.74) is 0.750. The zero-order valence-corrected chi connectivity index (χ0v) is 11.8. The molecule has 0 spiro atoms. The SMILES string of the molecule is CCOc1cc(/C=C/C(=O)O)ccc1OCCCOC. The van der Waals surface area contributed by atoms with E-state index in [4.69, 9.17) is 19.3 Å². The molecule has 0 atom stereocenters. The number of hydrogen-bond donors (Lipinski definition) is 1. The largest absolute Gasteiger partial charge is 0.490 e. The van der Waals surface area contributed by atoms with E-state index >= 15 is 0 Å². The normalized spacial score (nSPS) is 10.7. The second kappa shape index (κ2) is 8.98. The topological polar surface area (TPSA) is 65.0 Å². The molecule has 0 aromatic heterocycles. The average molecular weight is 280 g/mol. The Kier molecular flexibility index (Phi) is 7.21. The minimum Gasteiger partial charge on any atom is -0.490 e. The fraction of sp³-hybridized carbons (Fsp3) is 0.400. The number of ether oxygens (including phenoxy) is 3. The quantitative estimate of drug-likeness (QED) is 0.556. The van der Waals surface area contributed by atoms with E-state index in [1.54, 1.807) is 25.3 Å². The van der Waals surface area contributed by atoms with E-state index in [0.717, 1.165) is 18.1 Å². The van der Waals surface area contributed by atoms with Crippen molar-refractivity contribution in [3.05, 3.63) is 29.8 Å². The molecule has 0 heterocycles. The third-order valence-corrected chi connectivity index (χ3v) is 2.44. The van der Waals surface area contributed by atoms with Crippen molar-refractivity contribution >= 4 is 12.0 Å². The maximum atomic E-state index is 10.5. The molecule has 5 heteroatoms. The summed E-state index contributed by atoms with van der Waals surface area (Å²) in [6.45, 7) is 3.58. The van der Waals surface area contributed by atoms with Crippen LogP contribution in [0.5, 0.6) is 11.5 Å². The second-order valence-corrected chi connectivity index (χ2v) is 4.01. The van der Waals surface area contributed by atoms with Crippen LogP contribution in [0.4, 0.5) is 0 Å². The van der Waals surface area contributed by atoms with Crippen LogP contribution in [0.15, 0.2) is 24.3 Å². The van der Waals surface area contributed by atoms with E-state index < -0.39 is 5.97 Å². The monoisotopic (exact) mass is 280 g/mol. The van der Waals surface area contributed by atoms with E-state index in [1.165, 1.54) is 6.08 Å². The summed E-state index contributed by atoms with van der Waals surface area (Å²) in [5, 5.41) is 8.61. The predicted molar refractivity (Wildman–Crippen MR) is 76.3 cm³/mol. The van der Waals surface area contributed by atoms with Gasteiger partial charge in [-0.05, 0) is 30.7 Å². The fourth-order valence-corrected chi connectivity index (χ4v) is 1.57. The molecule has 0 amide bonds. The Morgan fingerprint density at radius 3 is 2.70 bits per heavy atom. The molecule has 0 unspecified atom stereocenters. The zero-order valence-electron chi connectivity index (χ0n) is 11.8. The van der Waals surface area contributed by atoms with Gasteiger partial charge in [0.15, 0.2) is 11.5 Å². The van der Waals surface area contributed by atoms with E-state index in [-0.39, 0.29) is 0 Å². The van der Waals surface area contributed by atoms with Crippen LogP contribution in [0.3, 0.4) is 0 Å². The molecule has 0 saturated heterocycles. The van der Waals surface area contributed by atoms with Crippen molar-refractivity contribution in [2.45, 2.75) is 13.3 Å². The average Bonchev–Trinajstić information content (AvgIpc) is 2.43. The van der Waals surface area contributed by atoms with Crippen molar-refractivity contribution < 1.29 is 24.1 Å². The van der Waals surface area contributed by atoms with Crippen LogP contribution in [-0.2, 0) is 9.53 Å². The summed E-state index contributed by atoms with van der Waals surface area (Å²) in [4.78, 5) is 10.5. The standard InChI is InChI=1S/C15H20O5/c1-3-19-14-11-12(6-8-15(16)17)5-7-13(14)20-10-4-9-18-2/h5-8,11H,3-4,9-10H2,1-2H3,(H,16,17)/b8-6+. The summed E-state index contributed by atoms with van der Waals surface area (Å²) < 4.78 is 16.1. The molecule has 1 N–H and O–H groups in total. The van der Waals surface area contributed by atoms with Gasteiger partial charge in [-0.15, -0.1) is 0 Å². The van der Waals surface area contributed by atoms with Gasteiger partial charge in [0.2, 0.25) is 0 Å². The molecule has 1 aromatic carbocycles. The number of methoxy groups -OCH3 is 1. The molecule has 0 aliphatic rings. The summed E-state index contributed by atoms with van der Waals surface area (Å²) in [7, 11) is 1.65. The van der Waals surface area contributed by atoms with Crippen molar-refractivity contribution in [2.75, 3.05) is 26.9 Å². The van der Waals surface area contributed by atoms with E-state index in [9.17, 15) is 4.79 Å². The smallest absolute Gasteiger partial charge is 0.328 e. The first-order valence-electron chi connectivity index (χ1n) is 6.47. The molecule has 110 valence electrons. The summed E-state index contributed by atoms with van der Waals surface area (Å²) in [6.07, 6.45) is 3.40. The van der Waals surface area contributed by atoms with Gasteiger partial charge in [-0.3, -0.25) is 0 Å². The molecule has 0 aliphatic heterocycles. The van der Waals surface area contributed by atoms with Crippen molar-refractivity contribution in [3.8, 4) is 11.5 Å². The Labute approximate surface area is 118 Å². The highest BCUT2D eigenvalue weighted by Gasteiger charge is 2.05. The van der Waals surface area contributed by atoms with Gasteiger partial charge in [0, 0.05) is 26.2 Å². The lowest BCUT2D eigenvalue weighted by atomic mass is 10.2. The minimum atomic E-state index is -0.983. The Hall–Kier alpha value is -2.01. The summed E-state index contributed by atoms with van der Waals surface area (Å²) in [6, 6.07) is 5.32. The number of carbonyl (C=O) groups is 1. The molecular weight excluding hydrogens is 260 g/mol. The lowest BCUT2D eigenvalue weighted by Crippen LogP contribution is -2.03. The number of hydrogen-bond acceptors (Lipinski definition) is 4. The number of carboxylic acids is 1. The number of carboxylic acid groups (broad SMARTS) is 1. The van der Waals surface area contributed by atoms with Crippen LogP contribution in [0, 0.1) is 0 Å². The van der Waals surface area contributed by atoms with Gasteiger partial charge in [0.05, 0.1) is 13.2 Å². The molecule has 0 fully saturated rings. The second-order valence-electron chi connectivity index (χ2n) is 4.01. The van der Waals surface area contributed by atoms with Gasteiger partial charge in [-0.1, -0.05) is 6.07 Å². The molecule has 0 saturated carbocycles. The highest BCUT2D eigenvalue weighted by molar-refractivity contribution is 5.85. The Morgan fingerprint density at radius 1 is 1.25 bits per heavy atom. The number of aliphatic carboxylic acids is 1. The highest BCUT2D eigenvalue weighted by atomic mass is 16.5. The molecule has 0 bridgehead atoms. The van der Waals surface area contributed by atoms with E-state index in [1.807, 2.05) is 6.92 Å². The van der Waals surface area contributed by atoms with Crippen LogP contribution >= 0.6 is 0 Å². The van der Waals surface area contributed by atoms with Crippen molar-refractivity contribution in [1.82, 2.24) is 0 Å². The Balaban J connectivity index is 2.76. The molecule has 20 heavy (non-hydrogen) atoms. The fourth-order valence-electron chi connectivity index (χ4n) is 1.57. The number of benzene rings is 1. The molecule has 1 aromatic rings. The van der Waals surface area contributed by atoms with Gasteiger partial charge in [0.25, 0.3) is 0 Å². The van der Waals surface area contributed by atoms with Gasteiger partial charge in [0.1, 0.15) is 0 Å². The predicted octanol–water partition coefficient (Wildman–Crippen LogP) is 2.60. The van der Waals surface area contributed by atoms with Crippen molar-refractivity contribution in [2.24, 2.45) is 0 Å². The summed E-state index contributed by atoms with van der Waals surface area (Å²) >= 11 is 0. The lowest BCUT2D eigenvalue weighted by Gasteiger charge is -2.12. The van der Waals surface area contributed by atoms with E-state index in [2.05, 4.69) is 0 Å². The first kappa shape index (κ1) is 16.0. The van der Waals surface area contributed by atoms with Crippen LogP contribution in [0.25, 0.3) is 6.08 Å². The molecule has 5 nitrogen and oxygen atoms in total. The first-order valence-corrected chi connectivity index (χ1v) is 6.47. The van der Waals surface area contributed by atoms with Crippen LogP contribution in [-0.4, -0.2) is 38.0 Å². The molecule has 0 radical (unpaired) electrons. The first-order chi connectivity index (χ1) is 9.67. The van der Waals surface area contributed by atoms with Gasteiger partial charge >= 0.3 is 5.97 Å². The maximum Gasteiger partial charge on any atom is 0.328 e. The van der Waals surface area contributed by atoms with Crippen LogP contribution in [0.2, 0.25) is 0 Å². The van der Waals surface area contributed by atoms with Gasteiger partial charge in [-0.25, -0.2) is 4.79 Å². The number of rotatable bonds is 9. The van der Waals surface area contributed by atoms with Crippen LogP contribution < -0.4 is 9.47 Å². The molecular formula is C15H20O5. The third-order valence-electron chi connectivity index (χ3n) is 2.44. The minimum absolute atomic E-state index is 0.514. The summed E-state index contributed by atoms with van der Waals surface area (Å²) in [5.74, 6) is 0.274. The van der Waals surface area contributed by atoms with Crippen LogP contribution in [0.1, 0.15) is 18.9 Å². The van der Waals surface area contributed by atoms with Gasteiger partial charge in [-0.2, -0.15) is 0 Å². The van der Waals surface area contributed by atoms with E-state index in [0.29, 0.717) is 31.3 Å². The van der Waals surface area contributed by atoms with Gasteiger partial charge < -0.3 is 19.3 Å². The lowest BCUT2D eigenvalue weighted by molar-refractivity contribution is -0.131. The maximum absolute atomic E-state index is 10.5. The molecule has 1 rings (SSSR count).